The molecule has 5 rings (SSSR count). The van der Waals surface area contributed by atoms with Crippen molar-refractivity contribution in [2.24, 2.45) is 0 Å². The minimum atomic E-state index is -0.928. The lowest BCUT2D eigenvalue weighted by atomic mass is 9.84. The third kappa shape index (κ3) is 6.14. The van der Waals surface area contributed by atoms with E-state index in [0.717, 1.165) is 56.4 Å². The molecule has 0 saturated heterocycles. The van der Waals surface area contributed by atoms with Crippen molar-refractivity contribution in [1.29, 1.82) is 0 Å². The molecule has 8 bridgehead atoms. The zero-order valence-electron chi connectivity index (χ0n) is 29.2. The Balaban J connectivity index is 2.05. The van der Waals surface area contributed by atoms with Gasteiger partial charge >= 0.3 is 11.9 Å². The van der Waals surface area contributed by atoms with Crippen molar-refractivity contribution >= 4 is 51.1 Å². The van der Waals surface area contributed by atoms with Gasteiger partial charge in [0, 0.05) is 71.3 Å². The van der Waals surface area contributed by atoms with Crippen LogP contribution in [0.2, 0.25) is 0 Å². The summed E-state index contributed by atoms with van der Waals surface area (Å²) in [5.74, 6) is -2.35. The van der Waals surface area contributed by atoms with Gasteiger partial charge < -0.3 is 29.9 Å². The van der Waals surface area contributed by atoms with Gasteiger partial charge in [-0.05, 0) is 81.0 Å². The minimum Gasteiger partial charge on any atom is -0.481 e. The van der Waals surface area contributed by atoms with E-state index in [1.807, 2.05) is 39.8 Å². The third-order valence-electron chi connectivity index (χ3n) is 9.96. The second kappa shape index (κ2) is 13.8. The van der Waals surface area contributed by atoms with Gasteiger partial charge in [0.1, 0.15) is 0 Å². The van der Waals surface area contributed by atoms with Gasteiger partial charge in [-0.15, -0.1) is 0 Å². The van der Waals surface area contributed by atoms with Crippen LogP contribution in [0.25, 0.3) is 33.2 Å². The molecule has 4 N–H and O–H groups in total. The van der Waals surface area contributed by atoms with Crippen molar-refractivity contribution in [3.8, 4) is 0 Å². The average Bonchev–Trinajstić information content (AvgIpc) is 3.74. The van der Waals surface area contributed by atoms with Crippen LogP contribution in [-0.2, 0) is 36.7 Å². The maximum absolute atomic E-state index is 13.5. The number of rotatable bonds is 9. The summed E-state index contributed by atoms with van der Waals surface area (Å²) < 4.78 is 10.9. The van der Waals surface area contributed by atoms with E-state index in [-0.39, 0.29) is 43.1 Å². The molecule has 48 heavy (non-hydrogen) atoms. The lowest BCUT2D eigenvalue weighted by molar-refractivity contribution is -0.140. The number of carboxylic acids is 1. The number of allylic oxidation sites excluding steroid dienone is 1. The van der Waals surface area contributed by atoms with Crippen LogP contribution in [0, 0.1) is 13.8 Å². The van der Waals surface area contributed by atoms with Gasteiger partial charge in [0.05, 0.1) is 42.3 Å². The maximum Gasteiger partial charge on any atom is 0.310 e. The molecular weight excluding hydrogens is 610 g/mol. The number of aromatic nitrogens is 4. The third-order valence-corrected chi connectivity index (χ3v) is 9.96. The maximum atomic E-state index is 13.5. The number of carboxylic acid groups (broad SMARTS) is 1. The van der Waals surface area contributed by atoms with Gasteiger partial charge in [-0.2, -0.15) is 0 Å². The number of hydrogen-bond acceptors (Lipinski definition) is 7. The molecule has 3 unspecified atom stereocenters. The summed E-state index contributed by atoms with van der Waals surface area (Å²) in [6.07, 6.45) is 0.560. The molecule has 0 radical (unpaired) electrons. The number of aliphatic carboxylic acids is 1. The number of fused-ring (bicyclic) bond motifs is 8. The Hall–Kier alpha value is -4.77. The fraction of sp³-hybridized carbons (Fsp3) is 0.432. The summed E-state index contributed by atoms with van der Waals surface area (Å²) in [7, 11) is 4.56. The Morgan fingerprint density at radius 2 is 1.67 bits per heavy atom. The SMILES string of the molecule is CCc1c(C)c2cc3[nH]c(cc4nc(c(CC(=O)OC)c5nc(cc1[nH]2)C(C)=C5C(=O)NC)C(CCC(=O)O)C4C)c(C)c3C(C)OC. The van der Waals surface area contributed by atoms with Crippen molar-refractivity contribution in [3.63, 3.8) is 0 Å². The number of esters is 1. The summed E-state index contributed by atoms with van der Waals surface area (Å²) in [5.41, 5.74) is 11.4. The Labute approximate surface area is 280 Å². The number of aromatic amines is 2. The lowest BCUT2D eigenvalue weighted by Gasteiger charge is -2.18. The smallest absolute Gasteiger partial charge is 0.310 e. The summed E-state index contributed by atoms with van der Waals surface area (Å²) in [6.45, 7) is 12.1. The summed E-state index contributed by atoms with van der Waals surface area (Å²) >= 11 is 0. The normalized spacial score (nSPS) is 16.6. The van der Waals surface area contributed by atoms with Gasteiger partial charge in [-0.1, -0.05) is 13.8 Å². The Morgan fingerprint density at radius 3 is 2.29 bits per heavy atom. The second-order valence-electron chi connectivity index (χ2n) is 12.6. The molecule has 3 atom stereocenters. The molecule has 2 aliphatic heterocycles. The molecule has 11 nitrogen and oxygen atoms in total. The van der Waals surface area contributed by atoms with Crippen molar-refractivity contribution in [1.82, 2.24) is 25.3 Å². The highest BCUT2D eigenvalue weighted by atomic mass is 16.5. The first-order chi connectivity index (χ1) is 22.8. The molecule has 0 spiro atoms. The van der Waals surface area contributed by atoms with Crippen molar-refractivity contribution in [3.05, 3.63) is 68.8 Å². The summed E-state index contributed by atoms with van der Waals surface area (Å²) in [4.78, 5) is 55.8. The quantitative estimate of drug-likeness (QED) is 0.194. The molecule has 1 amide bonds. The number of nitrogens with one attached hydrogen (secondary N) is 3. The first-order valence-electron chi connectivity index (χ1n) is 16.4. The number of ether oxygens (including phenoxy) is 2. The fourth-order valence-electron chi connectivity index (χ4n) is 7.11. The highest BCUT2D eigenvalue weighted by molar-refractivity contribution is 6.27. The molecular formula is C37H45N5O6. The van der Waals surface area contributed by atoms with Crippen LogP contribution in [-0.4, -0.2) is 64.2 Å². The highest BCUT2D eigenvalue weighted by Gasteiger charge is 2.35. The van der Waals surface area contributed by atoms with Gasteiger partial charge in [-0.3, -0.25) is 19.4 Å². The van der Waals surface area contributed by atoms with Crippen LogP contribution in [0.5, 0.6) is 0 Å². The van der Waals surface area contributed by atoms with Crippen LogP contribution < -0.4 is 5.32 Å². The first-order valence-corrected chi connectivity index (χ1v) is 16.4. The number of H-pyrrole nitrogens is 2. The van der Waals surface area contributed by atoms with Crippen LogP contribution in [0.1, 0.15) is 109 Å². The van der Waals surface area contributed by atoms with E-state index in [1.165, 1.54) is 7.11 Å². The van der Waals surface area contributed by atoms with Crippen molar-refractivity contribution in [2.45, 2.75) is 85.2 Å². The molecule has 0 fully saturated rings. The number of carbonyl (C=O) groups excluding carboxylic acids is 2. The lowest BCUT2D eigenvalue weighted by Crippen LogP contribution is -2.21. The number of nitrogens with zero attached hydrogens (tertiary/aromatic N) is 2. The van der Waals surface area contributed by atoms with E-state index in [2.05, 4.69) is 35.2 Å². The number of likely N-dealkylation sites (N-methyl/N-ethyl adjacent to an activating group) is 1. The van der Waals surface area contributed by atoms with Crippen LogP contribution in [0.15, 0.2) is 18.2 Å². The Kier molecular flexibility index (Phi) is 9.91. The van der Waals surface area contributed by atoms with Crippen LogP contribution in [0.3, 0.4) is 0 Å². The largest absolute Gasteiger partial charge is 0.481 e. The molecule has 5 heterocycles. The average molecular weight is 656 g/mol. The van der Waals surface area contributed by atoms with Gasteiger partial charge in [0.15, 0.2) is 0 Å². The number of carbonyl (C=O) groups is 3. The Bertz CT molecular complexity index is 2000. The molecule has 0 saturated carbocycles. The summed E-state index contributed by atoms with van der Waals surface area (Å²) in [6, 6.07) is 6.06. The predicted octanol–water partition coefficient (Wildman–Crippen LogP) is 6.35. The van der Waals surface area contributed by atoms with Crippen LogP contribution in [0.4, 0.5) is 0 Å². The van der Waals surface area contributed by atoms with Crippen molar-refractivity contribution < 1.29 is 29.0 Å². The van der Waals surface area contributed by atoms with E-state index in [0.29, 0.717) is 33.8 Å². The standard InChI is InChI=1S/C37H45N5O6/c1-10-22-17(2)25-16-30-33(21(6)47-8)19(4)27(40-30)14-26-18(3)23(11-12-31(43)44)35(41-26)24(13-32(45)48-9)36-34(37(46)38-7)20(5)28(42-36)15-29(22)39-25/h14-16,18,21,23,39-40H,10-13H2,1-9H3,(H,38,46)(H,43,44). The fourth-order valence-corrected chi connectivity index (χ4v) is 7.11. The van der Waals surface area contributed by atoms with Gasteiger partial charge in [0.2, 0.25) is 0 Å². The summed E-state index contributed by atoms with van der Waals surface area (Å²) in [5, 5.41) is 12.4. The van der Waals surface area contributed by atoms with E-state index >= 15 is 0 Å². The topological polar surface area (TPSA) is 159 Å². The zero-order valence-corrected chi connectivity index (χ0v) is 29.2. The molecule has 3 aromatic heterocycles. The van der Waals surface area contributed by atoms with Gasteiger partial charge in [-0.25, -0.2) is 4.98 Å². The second-order valence-corrected chi connectivity index (χ2v) is 12.6. The molecule has 11 heteroatoms. The monoisotopic (exact) mass is 655 g/mol. The van der Waals surface area contributed by atoms with E-state index in [1.54, 1.807) is 14.2 Å². The van der Waals surface area contributed by atoms with Crippen molar-refractivity contribution in [2.75, 3.05) is 21.3 Å². The minimum absolute atomic E-state index is 0.0914. The number of methoxy groups -OCH3 is 2. The molecule has 0 aromatic carbocycles. The van der Waals surface area contributed by atoms with Crippen LogP contribution >= 0.6 is 0 Å². The number of hydrogen-bond donors (Lipinski definition) is 4. The van der Waals surface area contributed by atoms with E-state index in [9.17, 15) is 19.5 Å². The number of amides is 1. The van der Waals surface area contributed by atoms with Gasteiger partial charge in [0.25, 0.3) is 5.91 Å². The van der Waals surface area contributed by atoms with E-state index < -0.39 is 11.9 Å². The molecule has 254 valence electrons. The molecule has 0 aliphatic carbocycles. The first kappa shape index (κ1) is 34.6. The molecule has 3 aromatic rings. The molecule has 2 aliphatic rings. The highest BCUT2D eigenvalue weighted by Crippen LogP contribution is 2.44. The zero-order chi connectivity index (χ0) is 35.0. The number of aryl methyl sites for hydroxylation is 3. The predicted molar refractivity (Wildman–Crippen MR) is 186 cm³/mol. The van der Waals surface area contributed by atoms with E-state index in [4.69, 9.17) is 19.4 Å². The Morgan fingerprint density at radius 1 is 0.979 bits per heavy atom.